The van der Waals surface area contributed by atoms with E-state index in [0.717, 1.165) is 0 Å². The predicted octanol–water partition coefficient (Wildman–Crippen LogP) is -5.65. The zero-order valence-corrected chi connectivity index (χ0v) is 7.80. The third-order valence-electron chi connectivity index (χ3n) is 0. The monoisotopic (exact) mass is 293 g/mol. The maximum atomic E-state index is 8.36. The van der Waals surface area contributed by atoms with Gasteiger partial charge in [-0.3, -0.25) is 0 Å². The summed E-state index contributed by atoms with van der Waals surface area (Å²) in [7, 11) is 0. The molecular weight excluding hydrogens is 279 g/mol. The fourth-order valence-corrected chi connectivity index (χ4v) is 0. The fraction of sp³-hybridized carbons (Fsp3) is 0. The Hall–Kier alpha value is -1.33. The van der Waals surface area contributed by atoms with E-state index >= 15 is 0 Å². The van der Waals surface area contributed by atoms with Crippen molar-refractivity contribution < 1.29 is 70.2 Å². The van der Waals surface area contributed by atoms with E-state index < -0.39 is 10.2 Å². The molecule has 0 unspecified atom stereocenters. The molecule has 0 rings (SSSR count). The molecule has 0 aliphatic rings. The van der Waals surface area contributed by atoms with Crippen LogP contribution in [0.25, 0.3) is 0 Å². The number of rotatable bonds is 0. The van der Waals surface area contributed by atoms with Gasteiger partial charge in [0.15, 0.2) is 0 Å². The Bertz CT molecular complexity index is 71.6. The molecular formula is H14CoN2O12+2. The van der Waals surface area contributed by atoms with Crippen LogP contribution in [0, 0.1) is 20.2 Å². The molecule has 0 atom stereocenters. The van der Waals surface area contributed by atoms with E-state index in [-0.39, 0.29) is 49.6 Å². The summed E-state index contributed by atoms with van der Waals surface area (Å²) in [5, 5.41) is 27.3. The fourth-order valence-electron chi connectivity index (χ4n) is 0. The molecule has 15 heavy (non-hydrogen) atoms. The standard InChI is InChI=1S/Co.2HNO3.6H2O/c;2*2-1(3)4;;;;;;/h;2*(H,2,3,4);6*1H2/q+2;;;;;;;;. The molecule has 0 aromatic heterocycles. The Morgan fingerprint density at radius 1 is 0.667 bits per heavy atom. The van der Waals surface area contributed by atoms with E-state index in [2.05, 4.69) is 0 Å². The van der Waals surface area contributed by atoms with E-state index in [0.29, 0.717) is 0 Å². The van der Waals surface area contributed by atoms with E-state index in [1.54, 1.807) is 0 Å². The number of nitrogens with zero attached hydrogens (tertiary/aromatic N) is 2. The molecule has 0 bridgehead atoms. The van der Waals surface area contributed by atoms with Crippen LogP contribution in [-0.4, -0.2) is 53.4 Å². The summed E-state index contributed by atoms with van der Waals surface area (Å²) < 4.78 is 0. The van der Waals surface area contributed by atoms with Gasteiger partial charge in [-0.25, -0.2) is 0 Å². The second-order valence-corrected chi connectivity index (χ2v) is 0.476. The third kappa shape index (κ3) is 810. The van der Waals surface area contributed by atoms with Crippen LogP contribution in [0.15, 0.2) is 0 Å². The second-order valence-electron chi connectivity index (χ2n) is 0.476. The Morgan fingerprint density at radius 3 is 0.667 bits per heavy atom. The molecule has 14 nitrogen and oxygen atoms in total. The first kappa shape index (κ1) is 101. The summed E-state index contributed by atoms with van der Waals surface area (Å²) in [5.41, 5.74) is 0. The molecule has 0 aromatic rings. The maximum absolute atomic E-state index is 8.36. The Labute approximate surface area is 91.4 Å². The van der Waals surface area contributed by atoms with Crippen LogP contribution in [0.1, 0.15) is 0 Å². The normalized spacial score (nSPS) is 3.20. The molecule has 15 heteroatoms. The SMILES string of the molecule is O.O.O.O.O.O.O=[N+]([O-])O.O=[N+]([O-])O.[Co+2]. The molecule has 0 saturated carbocycles. The summed E-state index contributed by atoms with van der Waals surface area (Å²) in [6, 6.07) is 0. The van der Waals surface area contributed by atoms with Crippen LogP contribution >= 0.6 is 0 Å². The van der Waals surface area contributed by atoms with Crippen molar-refractivity contribution in [2.75, 3.05) is 0 Å². The third-order valence-corrected chi connectivity index (χ3v) is 0. The van der Waals surface area contributed by atoms with Gasteiger partial charge in [0.1, 0.15) is 0 Å². The summed E-state index contributed by atoms with van der Waals surface area (Å²) in [5.74, 6) is 0. The summed E-state index contributed by atoms with van der Waals surface area (Å²) in [6.45, 7) is 0. The molecule has 0 heterocycles. The minimum atomic E-state index is -1.50. The maximum Gasteiger partial charge on any atom is 2.00 e. The van der Waals surface area contributed by atoms with Gasteiger partial charge in [-0.2, -0.15) is 0 Å². The molecule has 0 fully saturated rings. The molecule has 0 spiro atoms. The first-order valence-electron chi connectivity index (χ1n) is 1.13. The van der Waals surface area contributed by atoms with Gasteiger partial charge >= 0.3 is 16.8 Å². The Balaban J connectivity index is -0.00000000468. The number of hydrogen-bond acceptors (Lipinski definition) is 4. The van der Waals surface area contributed by atoms with Gasteiger partial charge in [0, 0.05) is 0 Å². The van der Waals surface area contributed by atoms with Gasteiger partial charge in [-0.1, -0.05) is 0 Å². The van der Waals surface area contributed by atoms with E-state index in [4.69, 9.17) is 30.6 Å². The zero-order valence-electron chi connectivity index (χ0n) is 6.76. The largest absolute Gasteiger partial charge is 2.00 e. The molecule has 0 aliphatic heterocycles. The minimum absolute atomic E-state index is 0. The van der Waals surface area contributed by atoms with E-state index in [1.165, 1.54) is 0 Å². The van der Waals surface area contributed by atoms with Crippen molar-refractivity contribution in [2.45, 2.75) is 0 Å². The van der Waals surface area contributed by atoms with E-state index in [1.807, 2.05) is 0 Å². The zero-order chi connectivity index (χ0) is 7.15. The van der Waals surface area contributed by atoms with Gasteiger partial charge < -0.3 is 43.3 Å². The van der Waals surface area contributed by atoms with Crippen molar-refractivity contribution in [2.24, 2.45) is 0 Å². The number of hydrogen-bond donors (Lipinski definition) is 2. The average molecular weight is 293 g/mol. The molecule has 103 valence electrons. The molecule has 0 aromatic carbocycles. The van der Waals surface area contributed by atoms with Gasteiger partial charge in [-0.05, 0) is 0 Å². The van der Waals surface area contributed by atoms with Gasteiger partial charge in [0.25, 0.3) is 10.2 Å². The van der Waals surface area contributed by atoms with Crippen molar-refractivity contribution in [3.63, 3.8) is 0 Å². The van der Waals surface area contributed by atoms with Gasteiger partial charge in [-0.15, -0.1) is 20.2 Å². The topological polar surface area (TPSA) is 316 Å². The summed E-state index contributed by atoms with van der Waals surface area (Å²) in [6.07, 6.45) is 0. The van der Waals surface area contributed by atoms with Crippen LogP contribution in [0.3, 0.4) is 0 Å². The summed E-state index contributed by atoms with van der Waals surface area (Å²) >= 11 is 0. The average Bonchev–Trinajstić information content (AvgIpc) is 1.25. The minimum Gasteiger partial charge on any atom is -0.412 e. The van der Waals surface area contributed by atoms with Crippen LogP contribution in [0.5, 0.6) is 0 Å². The molecule has 0 amide bonds. The van der Waals surface area contributed by atoms with Crippen LogP contribution in [0.2, 0.25) is 0 Å². The first-order valence-corrected chi connectivity index (χ1v) is 1.13. The van der Waals surface area contributed by atoms with Crippen molar-refractivity contribution in [3.05, 3.63) is 20.2 Å². The predicted molar refractivity (Wildman–Crippen MR) is 39.2 cm³/mol. The van der Waals surface area contributed by atoms with Gasteiger partial charge in [0.05, 0.1) is 0 Å². The smallest absolute Gasteiger partial charge is 0.412 e. The first-order chi connectivity index (χ1) is 3.46. The van der Waals surface area contributed by atoms with Crippen LogP contribution in [-0.2, 0) is 16.8 Å². The van der Waals surface area contributed by atoms with Gasteiger partial charge in [0.2, 0.25) is 0 Å². The van der Waals surface area contributed by atoms with E-state index in [9.17, 15) is 0 Å². The molecule has 14 N–H and O–H groups in total. The molecule has 0 aliphatic carbocycles. The van der Waals surface area contributed by atoms with Crippen LogP contribution in [0.4, 0.5) is 0 Å². The van der Waals surface area contributed by atoms with Crippen molar-refractivity contribution in [3.8, 4) is 0 Å². The molecule has 0 saturated heterocycles. The Kier molecular flexibility index (Phi) is 531. The second kappa shape index (κ2) is 79.2. The van der Waals surface area contributed by atoms with Crippen molar-refractivity contribution in [1.82, 2.24) is 0 Å². The molecule has 1 radical (unpaired) electrons. The van der Waals surface area contributed by atoms with Crippen LogP contribution < -0.4 is 0 Å². The van der Waals surface area contributed by atoms with Crippen molar-refractivity contribution >= 4 is 0 Å². The summed E-state index contributed by atoms with van der Waals surface area (Å²) in [4.78, 5) is 16.7. The Morgan fingerprint density at radius 2 is 0.667 bits per heavy atom. The quantitative estimate of drug-likeness (QED) is 0.323. The van der Waals surface area contributed by atoms with Crippen molar-refractivity contribution in [1.29, 1.82) is 0 Å².